The molecule has 34 nitrogen and oxygen atoms in total. The molecule has 0 bridgehead atoms. The van der Waals surface area contributed by atoms with Crippen LogP contribution in [0.15, 0.2) is 103 Å². The number of hydrogen-bond acceptors (Lipinski definition) is 17. The molecule has 3 aliphatic heterocycles. The van der Waals surface area contributed by atoms with Gasteiger partial charge in [0.05, 0.1) is 18.9 Å². The number of nitrogens with zero attached hydrogens (tertiary/aromatic N) is 5. The van der Waals surface area contributed by atoms with E-state index in [0.29, 0.717) is 36.1 Å². The van der Waals surface area contributed by atoms with Gasteiger partial charge in [-0.05, 0) is 124 Å². The third-order valence-electron chi connectivity index (χ3n) is 19.4. The zero-order chi connectivity index (χ0) is 79.0. The Morgan fingerprint density at radius 2 is 1.06 bits per heavy atom. The second-order valence-electron chi connectivity index (χ2n) is 28.8. The lowest BCUT2D eigenvalue weighted by atomic mass is 10.00. The summed E-state index contributed by atoms with van der Waals surface area (Å²) in [5, 5.41) is 42.4. The van der Waals surface area contributed by atoms with Gasteiger partial charge in [-0.25, -0.2) is 9.78 Å². The number of benzene rings is 3. The van der Waals surface area contributed by atoms with Gasteiger partial charge in [0.25, 0.3) is 0 Å². The summed E-state index contributed by atoms with van der Waals surface area (Å²) in [5.41, 5.74) is 26.0. The summed E-state index contributed by atoms with van der Waals surface area (Å²) in [7, 11) is 0. The number of nitrogens with one attached hydrogen (secondary N) is 10. The van der Waals surface area contributed by atoms with E-state index in [9.17, 15) is 58.2 Å². The number of primary amides is 1. The second kappa shape index (κ2) is 39.9. The van der Waals surface area contributed by atoms with Gasteiger partial charge in [0.15, 0.2) is 5.96 Å². The van der Waals surface area contributed by atoms with E-state index in [4.69, 9.17) is 22.9 Å². The monoisotopic (exact) mass is 1510 g/mol. The second-order valence-corrected chi connectivity index (χ2v) is 28.8. The molecule has 5 heterocycles. The minimum Gasteiger partial charge on any atom is -0.508 e. The number of carboxylic acids is 1. The number of carbonyl (C=O) groups excluding carboxylic acids is 12. The van der Waals surface area contributed by atoms with Crippen LogP contribution in [0.2, 0.25) is 0 Å². The van der Waals surface area contributed by atoms with Crippen molar-refractivity contribution in [3.8, 4) is 5.75 Å². The van der Waals surface area contributed by atoms with Crippen LogP contribution in [-0.4, -0.2) is 222 Å². The van der Waals surface area contributed by atoms with Gasteiger partial charge in [0.1, 0.15) is 66.2 Å². The number of nitrogens with two attached hydrogens (primary N) is 4. The molecular weight excluding hydrogens is 1410 g/mol. The number of aromatic amines is 2. The van der Waals surface area contributed by atoms with Crippen molar-refractivity contribution < 1.29 is 72.5 Å². The average Bonchev–Trinajstić information content (AvgIpc) is 1.76. The SMILES string of the molecule is CC(C)C[C@H](NC(=O)[C@@H]1CCCN1C(=O)[C@H](CC(C)C)NC(=O)[C@@H]1CCCN1C(=O)[C@H](Cc1ccc(O)cc1)NC(=O)[C@H](CCCN=C(N)N)NC(=O)[C@H](Cc1c[nH]c2ccccc12)NC(=O)[C@H](Cc1cnc[nH]1)NC(=O)[C@@H](N)Cc1ccccc1)C(=O)N1CCC[C@H]1C(=O)NCC(=O)N[C@@H](CCC(N)=O)C(=O)O. The Balaban J connectivity index is 0.988. The zero-order valence-electron chi connectivity index (χ0n) is 61.8. The first-order chi connectivity index (χ1) is 52.0. The molecule has 5 aromatic rings. The number of aliphatic carboxylic acids is 1. The first-order valence-electron chi connectivity index (χ1n) is 37.0. The molecule has 3 aliphatic rings. The fourth-order valence-corrected chi connectivity index (χ4v) is 14.0. The van der Waals surface area contributed by atoms with Gasteiger partial charge in [-0.2, -0.15) is 0 Å². The number of aromatic nitrogens is 3. The number of para-hydroxylation sites is 1. The van der Waals surface area contributed by atoms with E-state index in [0.717, 1.165) is 16.5 Å². The Bertz CT molecular complexity index is 4040. The molecular formula is C75H103N19O15. The number of likely N-dealkylation sites (tertiary alicyclic amines) is 3. The molecule has 0 saturated carbocycles. The summed E-state index contributed by atoms with van der Waals surface area (Å²) >= 11 is 0. The molecule has 20 N–H and O–H groups in total. The highest BCUT2D eigenvalue weighted by Gasteiger charge is 2.45. The van der Waals surface area contributed by atoms with E-state index < -0.39 is 150 Å². The first kappa shape index (κ1) is 83.2. The molecule has 3 saturated heterocycles. The Hall–Kier alpha value is -11.5. The van der Waals surface area contributed by atoms with Crippen LogP contribution >= 0.6 is 0 Å². The van der Waals surface area contributed by atoms with Crippen LogP contribution in [0.25, 0.3) is 10.9 Å². The van der Waals surface area contributed by atoms with Crippen LogP contribution < -0.4 is 65.5 Å². The van der Waals surface area contributed by atoms with Crippen molar-refractivity contribution >= 4 is 93.7 Å². The van der Waals surface area contributed by atoms with Gasteiger partial charge < -0.3 is 100 Å². The predicted octanol–water partition coefficient (Wildman–Crippen LogP) is -0.827. The molecule has 12 amide bonds. The van der Waals surface area contributed by atoms with Crippen molar-refractivity contribution in [1.29, 1.82) is 0 Å². The van der Waals surface area contributed by atoms with Crippen LogP contribution in [0.5, 0.6) is 5.75 Å². The fraction of sp³-hybridized carbons (Fsp3) is 0.507. The third kappa shape index (κ3) is 24.3. The van der Waals surface area contributed by atoms with Gasteiger partial charge in [-0.15, -0.1) is 0 Å². The predicted molar refractivity (Wildman–Crippen MR) is 400 cm³/mol. The lowest BCUT2D eigenvalue weighted by Crippen LogP contribution is -2.61. The smallest absolute Gasteiger partial charge is 0.326 e. The molecule has 0 spiro atoms. The Kier molecular flexibility index (Phi) is 30.5. The zero-order valence-corrected chi connectivity index (χ0v) is 61.8. The van der Waals surface area contributed by atoms with Crippen LogP contribution in [-0.2, 0) is 88.0 Å². The van der Waals surface area contributed by atoms with Gasteiger partial charge in [0, 0.05) is 80.9 Å². The normalized spacial score (nSPS) is 17.7. The highest BCUT2D eigenvalue weighted by Crippen LogP contribution is 2.27. The van der Waals surface area contributed by atoms with Crippen molar-refractivity contribution in [1.82, 2.24) is 72.2 Å². The minimum absolute atomic E-state index is 0.00600. The maximum Gasteiger partial charge on any atom is 0.326 e. The van der Waals surface area contributed by atoms with E-state index in [1.165, 1.54) is 39.4 Å². The molecule has 2 aromatic heterocycles. The Morgan fingerprint density at radius 3 is 1.61 bits per heavy atom. The number of aromatic hydroxyl groups is 1. The van der Waals surface area contributed by atoms with Crippen LogP contribution in [0.3, 0.4) is 0 Å². The number of rotatable bonds is 39. The van der Waals surface area contributed by atoms with Gasteiger partial charge in [-0.1, -0.05) is 88.4 Å². The summed E-state index contributed by atoms with van der Waals surface area (Å²) in [6.45, 7) is 7.04. The van der Waals surface area contributed by atoms with E-state index >= 15 is 14.4 Å². The molecule has 0 aliphatic carbocycles. The van der Waals surface area contributed by atoms with Gasteiger partial charge in [0.2, 0.25) is 70.9 Å². The van der Waals surface area contributed by atoms with Crippen molar-refractivity contribution in [3.63, 3.8) is 0 Å². The number of imidazole rings is 1. The molecule has 0 radical (unpaired) electrons. The Labute approximate surface area is 631 Å². The lowest BCUT2D eigenvalue weighted by Gasteiger charge is -2.33. The number of carbonyl (C=O) groups is 13. The maximum atomic E-state index is 15.4. The summed E-state index contributed by atoms with van der Waals surface area (Å²) in [6.07, 6.45) is 5.64. The minimum atomic E-state index is -1.45. The van der Waals surface area contributed by atoms with Crippen molar-refractivity contribution in [3.05, 3.63) is 120 Å². The van der Waals surface area contributed by atoms with Gasteiger partial charge >= 0.3 is 5.97 Å². The summed E-state index contributed by atoms with van der Waals surface area (Å²) in [6, 6.07) is 8.42. The van der Waals surface area contributed by atoms with E-state index in [-0.39, 0.29) is 133 Å². The quantitative estimate of drug-likeness (QED) is 0.0130. The molecule has 34 heteroatoms. The number of carboxylic acid groups (broad SMARTS) is 1. The molecule has 11 atom stereocenters. The topological polar surface area (TPSA) is 529 Å². The number of amides is 12. The fourth-order valence-electron chi connectivity index (χ4n) is 14.0. The number of phenolic OH excluding ortho intramolecular Hbond substituents is 1. The number of fused-ring (bicyclic) bond motifs is 1. The van der Waals surface area contributed by atoms with Crippen molar-refractivity contribution in [2.24, 2.45) is 39.8 Å². The van der Waals surface area contributed by atoms with Crippen LogP contribution in [0, 0.1) is 11.8 Å². The van der Waals surface area contributed by atoms with Crippen molar-refractivity contribution in [2.75, 3.05) is 32.7 Å². The summed E-state index contributed by atoms with van der Waals surface area (Å²) in [5.74, 6) is -10.7. The standard InChI is InChI=1S/C75H103N19O15/c1-42(2)32-56(71(105)92-29-11-19-59(92)68(102)83-40-63(97)85-53(74(108)109)26-27-62(77)96)90-69(103)60-20-12-30-93(60)72(106)57(33-43(3)4)91-70(104)61-21-13-31-94(61)73(107)58(35-45-22-24-48(95)25-23-45)89-65(99)52(18-10-28-81-75(78)79)86-66(100)54(36-46-38-82-51-17-9-8-16-49(46)51)88-67(101)55(37-47-39-80-41-84-47)87-64(98)50(76)34-44-14-6-5-7-15-44/h5-9,14-17,22-25,38-39,41-43,50,52-61,82,95H,10-13,18-21,26-37,40,76H2,1-4H3,(H2,77,96)(H,80,84)(H,83,102)(H,85,97)(H,86,100)(H,87,98)(H,88,101)(H,89,99)(H,90,103)(H,91,104)(H,108,109)(H4,78,79,81)/t50-,52-,53-,54-,55-,56-,57-,58-,59-,60-,61-/m0/s1. The molecule has 3 fully saturated rings. The van der Waals surface area contributed by atoms with Crippen LogP contribution in [0.1, 0.15) is 127 Å². The van der Waals surface area contributed by atoms with E-state index in [1.54, 1.807) is 18.3 Å². The van der Waals surface area contributed by atoms with Crippen molar-refractivity contribution in [2.45, 2.75) is 197 Å². The highest BCUT2D eigenvalue weighted by molar-refractivity contribution is 6.00. The number of phenols is 1. The summed E-state index contributed by atoms with van der Waals surface area (Å²) in [4.78, 5) is 201. The van der Waals surface area contributed by atoms with Crippen LogP contribution in [0.4, 0.5) is 0 Å². The third-order valence-corrected chi connectivity index (χ3v) is 19.4. The first-order valence-corrected chi connectivity index (χ1v) is 37.0. The largest absolute Gasteiger partial charge is 0.508 e. The van der Waals surface area contributed by atoms with Gasteiger partial charge in [-0.3, -0.25) is 62.5 Å². The lowest BCUT2D eigenvalue weighted by molar-refractivity contribution is -0.146. The number of guanidine groups is 1. The molecule has 109 heavy (non-hydrogen) atoms. The number of aliphatic imine (C=N–C) groups is 1. The average molecular weight is 1510 g/mol. The molecule has 0 unspecified atom stereocenters. The highest BCUT2D eigenvalue weighted by atomic mass is 16.4. The van der Waals surface area contributed by atoms with E-state index in [1.807, 2.05) is 82.3 Å². The molecule has 588 valence electrons. The van der Waals surface area contributed by atoms with E-state index in [2.05, 4.69) is 62.5 Å². The maximum absolute atomic E-state index is 15.4. The Morgan fingerprint density at radius 1 is 0.550 bits per heavy atom. The number of hydrogen-bond donors (Lipinski definition) is 16. The molecule has 8 rings (SSSR count). The summed E-state index contributed by atoms with van der Waals surface area (Å²) < 4.78 is 0. The molecule has 3 aromatic carbocycles. The number of H-pyrrole nitrogens is 2.